The molecule has 1 aliphatic rings. The van der Waals surface area contributed by atoms with Gasteiger partial charge in [0.2, 0.25) is 5.52 Å². The molecule has 1 fully saturated rings. The molecule has 2 heterocycles. The van der Waals surface area contributed by atoms with Crippen LogP contribution in [0.5, 0.6) is 0 Å². The molecule has 1 atom stereocenters. The van der Waals surface area contributed by atoms with E-state index in [1.165, 1.54) is 0 Å². The van der Waals surface area contributed by atoms with Gasteiger partial charge in [-0.05, 0) is 25.8 Å². The second-order valence-corrected chi connectivity index (χ2v) is 5.52. The number of carbonyl (C=O) groups excluding carboxylic acids is 2. The van der Waals surface area contributed by atoms with Crippen LogP contribution >= 0.6 is 0 Å². The second kappa shape index (κ2) is 7.43. The average molecular weight is 346 g/mol. The standard InChI is InChI=1S/C17H18N2O6/c1-2-23-17(21)15-12(10-25-16(20)14-8-5-9-24-14)18-11-6-3-4-7-13(11)19(15)22/h3-4,6-7,14H,2,5,8-10H2,1H3. The van der Waals surface area contributed by atoms with Gasteiger partial charge in [0.15, 0.2) is 11.8 Å². The average Bonchev–Trinajstić information content (AvgIpc) is 3.14. The van der Waals surface area contributed by atoms with E-state index in [1.54, 1.807) is 31.2 Å². The number of nitrogens with zero attached hydrogens (tertiary/aromatic N) is 2. The summed E-state index contributed by atoms with van der Waals surface area (Å²) in [4.78, 5) is 28.5. The number of ether oxygens (including phenoxy) is 3. The molecule has 0 radical (unpaired) electrons. The van der Waals surface area contributed by atoms with Crippen LogP contribution < -0.4 is 4.73 Å². The molecule has 0 bridgehead atoms. The Morgan fingerprint density at radius 3 is 2.88 bits per heavy atom. The third kappa shape index (κ3) is 3.53. The lowest BCUT2D eigenvalue weighted by Crippen LogP contribution is -2.39. The molecule has 0 spiro atoms. The lowest BCUT2D eigenvalue weighted by atomic mass is 10.2. The maximum absolute atomic E-state index is 12.6. The number of para-hydroxylation sites is 2. The molecule has 2 aromatic rings. The third-order valence-electron chi connectivity index (χ3n) is 3.84. The molecule has 0 amide bonds. The first-order valence-corrected chi connectivity index (χ1v) is 8.08. The van der Waals surface area contributed by atoms with Crippen molar-refractivity contribution >= 4 is 23.0 Å². The Morgan fingerprint density at radius 1 is 1.36 bits per heavy atom. The zero-order chi connectivity index (χ0) is 17.8. The van der Waals surface area contributed by atoms with Crippen molar-refractivity contribution in [2.24, 2.45) is 0 Å². The van der Waals surface area contributed by atoms with E-state index >= 15 is 0 Å². The van der Waals surface area contributed by atoms with Gasteiger partial charge < -0.3 is 19.4 Å². The van der Waals surface area contributed by atoms with Crippen LogP contribution in [0, 0.1) is 5.21 Å². The molecule has 8 heteroatoms. The molecular formula is C17H18N2O6. The number of hydrogen-bond acceptors (Lipinski definition) is 7. The minimum absolute atomic E-state index is 0.0542. The Labute approximate surface area is 143 Å². The summed E-state index contributed by atoms with van der Waals surface area (Å²) in [6.45, 7) is 1.96. The molecule has 1 unspecified atom stereocenters. The van der Waals surface area contributed by atoms with Crippen LogP contribution in [0.15, 0.2) is 24.3 Å². The van der Waals surface area contributed by atoms with Crippen LogP contribution in [0.1, 0.15) is 35.9 Å². The summed E-state index contributed by atoms with van der Waals surface area (Å²) < 4.78 is 15.9. The Hall–Kier alpha value is -2.74. The van der Waals surface area contributed by atoms with Gasteiger partial charge >= 0.3 is 17.6 Å². The molecule has 1 saturated heterocycles. The molecule has 0 aliphatic carbocycles. The Morgan fingerprint density at radius 2 is 2.16 bits per heavy atom. The fourth-order valence-electron chi connectivity index (χ4n) is 2.66. The van der Waals surface area contributed by atoms with Gasteiger partial charge in [-0.25, -0.2) is 14.6 Å². The maximum atomic E-state index is 12.6. The number of benzene rings is 1. The van der Waals surface area contributed by atoms with Crippen molar-refractivity contribution in [1.29, 1.82) is 0 Å². The molecule has 8 nitrogen and oxygen atoms in total. The van der Waals surface area contributed by atoms with Crippen molar-refractivity contribution in [3.63, 3.8) is 0 Å². The molecule has 0 saturated carbocycles. The second-order valence-electron chi connectivity index (χ2n) is 5.52. The largest absolute Gasteiger partial charge is 0.618 e. The molecule has 1 aromatic heterocycles. The summed E-state index contributed by atoms with van der Waals surface area (Å²) in [6, 6.07) is 6.59. The van der Waals surface area contributed by atoms with Crippen molar-refractivity contribution < 1.29 is 28.5 Å². The Kier molecular flexibility index (Phi) is 5.08. The summed E-state index contributed by atoms with van der Waals surface area (Å²) in [7, 11) is 0. The summed E-state index contributed by atoms with van der Waals surface area (Å²) in [5.41, 5.74) is 0.410. The Balaban J connectivity index is 1.92. The summed E-state index contributed by atoms with van der Waals surface area (Å²) in [5, 5.41) is 12.6. The van der Waals surface area contributed by atoms with Crippen LogP contribution in [-0.2, 0) is 25.6 Å². The van der Waals surface area contributed by atoms with Crippen molar-refractivity contribution in [3.05, 3.63) is 40.9 Å². The van der Waals surface area contributed by atoms with Gasteiger partial charge in [0.05, 0.1) is 6.61 Å². The fourth-order valence-corrected chi connectivity index (χ4v) is 2.66. The molecule has 1 aromatic carbocycles. The van der Waals surface area contributed by atoms with Gasteiger partial charge in [0, 0.05) is 12.7 Å². The number of rotatable bonds is 5. The normalized spacial score (nSPS) is 16.8. The first-order chi connectivity index (χ1) is 12.1. The van der Waals surface area contributed by atoms with Crippen LogP contribution in [-0.4, -0.2) is 36.2 Å². The molecular weight excluding hydrogens is 328 g/mol. The number of fused-ring (bicyclic) bond motifs is 1. The van der Waals surface area contributed by atoms with Crippen LogP contribution in [0.4, 0.5) is 0 Å². The highest BCUT2D eigenvalue weighted by atomic mass is 16.6. The minimum atomic E-state index is -0.807. The van der Waals surface area contributed by atoms with Gasteiger partial charge in [-0.3, -0.25) is 0 Å². The van der Waals surface area contributed by atoms with Crippen molar-refractivity contribution in [2.75, 3.05) is 13.2 Å². The predicted molar refractivity (Wildman–Crippen MR) is 85.4 cm³/mol. The third-order valence-corrected chi connectivity index (χ3v) is 3.84. The van der Waals surface area contributed by atoms with E-state index in [4.69, 9.17) is 14.2 Å². The van der Waals surface area contributed by atoms with Crippen molar-refractivity contribution in [2.45, 2.75) is 32.5 Å². The van der Waals surface area contributed by atoms with E-state index in [0.29, 0.717) is 23.3 Å². The summed E-state index contributed by atoms with van der Waals surface area (Å²) in [5.74, 6) is -1.33. The van der Waals surface area contributed by atoms with Crippen LogP contribution in [0.25, 0.3) is 11.0 Å². The number of carbonyl (C=O) groups is 2. The molecule has 0 N–H and O–H groups in total. The first kappa shape index (κ1) is 17.1. The van der Waals surface area contributed by atoms with Crippen LogP contribution in [0.3, 0.4) is 0 Å². The fraction of sp³-hybridized carbons (Fsp3) is 0.412. The van der Waals surface area contributed by atoms with Gasteiger partial charge in [-0.15, -0.1) is 0 Å². The predicted octanol–water partition coefficient (Wildman–Crippen LogP) is 1.27. The van der Waals surface area contributed by atoms with Gasteiger partial charge in [0.25, 0.3) is 0 Å². The molecule has 132 valence electrons. The van der Waals surface area contributed by atoms with Gasteiger partial charge in [-0.1, -0.05) is 12.1 Å². The number of hydrogen-bond donors (Lipinski definition) is 0. The highest BCUT2D eigenvalue weighted by Crippen LogP contribution is 2.16. The first-order valence-electron chi connectivity index (χ1n) is 8.08. The SMILES string of the molecule is CCOC(=O)c1c(COC(=O)C2CCCO2)nc2ccccc2[n+]1[O-]. The van der Waals surface area contributed by atoms with Crippen molar-refractivity contribution in [1.82, 2.24) is 4.98 Å². The monoisotopic (exact) mass is 346 g/mol. The maximum Gasteiger partial charge on any atom is 0.407 e. The van der Waals surface area contributed by atoms with Crippen molar-refractivity contribution in [3.8, 4) is 0 Å². The minimum Gasteiger partial charge on any atom is -0.618 e. The van der Waals surface area contributed by atoms with Crippen LogP contribution in [0.2, 0.25) is 0 Å². The van der Waals surface area contributed by atoms with E-state index in [-0.39, 0.29) is 30.1 Å². The van der Waals surface area contributed by atoms with E-state index in [2.05, 4.69) is 4.98 Å². The summed E-state index contributed by atoms with van der Waals surface area (Å²) in [6.07, 6.45) is 0.782. The van der Waals surface area contributed by atoms with E-state index in [9.17, 15) is 14.8 Å². The number of esters is 2. The van der Waals surface area contributed by atoms with Gasteiger partial charge in [-0.2, -0.15) is 4.73 Å². The zero-order valence-corrected chi connectivity index (χ0v) is 13.8. The Bertz CT molecular complexity index is 801. The lowest BCUT2D eigenvalue weighted by Gasteiger charge is -2.12. The molecule has 1 aliphatic heterocycles. The summed E-state index contributed by atoms with van der Waals surface area (Å²) >= 11 is 0. The molecule has 25 heavy (non-hydrogen) atoms. The quantitative estimate of drug-likeness (QED) is 0.456. The lowest BCUT2D eigenvalue weighted by molar-refractivity contribution is -0.581. The van der Waals surface area contributed by atoms with E-state index in [1.807, 2.05) is 0 Å². The molecule has 3 rings (SSSR count). The van der Waals surface area contributed by atoms with Gasteiger partial charge in [0.1, 0.15) is 12.1 Å². The smallest absolute Gasteiger partial charge is 0.407 e. The van der Waals surface area contributed by atoms with E-state index in [0.717, 1.165) is 6.42 Å². The highest BCUT2D eigenvalue weighted by molar-refractivity contribution is 5.88. The van der Waals surface area contributed by atoms with E-state index < -0.39 is 18.0 Å². The topological polar surface area (TPSA) is 102 Å². The highest BCUT2D eigenvalue weighted by Gasteiger charge is 2.30. The number of aromatic nitrogens is 2. The zero-order valence-electron chi connectivity index (χ0n) is 13.8.